The van der Waals surface area contributed by atoms with Gasteiger partial charge in [-0.2, -0.15) is 0 Å². The van der Waals surface area contributed by atoms with Crippen LogP contribution >= 0.6 is 27.5 Å². The van der Waals surface area contributed by atoms with Gasteiger partial charge in [0.05, 0.1) is 17.1 Å². The highest BCUT2D eigenvalue weighted by atomic mass is 79.9. The molecule has 6 heteroatoms. The second-order valence-electron chi connectivity index (χ2n) is 4.79. The number of aryl methyl sites for hydroxylation is 1. The smallest absolute Gasteiger partial charge is 0.249 e. The van der Waals surface area contributed by atoms with Crippen molar-refractivity contribution >= 4 is 33.2 Å². The topological polar surface area (TPSA) is 51.0 Å². The second kappa shape index (κ2) is 6.50. The molecule has 1 aromatic heterocycles. The first-order valence-electron chi connectivity index (χ1n) is 6.71. The van der Waals surface area contributed by atoms with E-state index in [-0.39, 0.29) is 0 Å². The maximum Gasteiger partial charge on any atom is 0.249 e. The van der Waals surface area contributed by atoms with Crippen LogP contribution in [0.1, 0.15) is 11.5 Å². The quantitative estimate of drug-likeness (QED) is 0.688. The Bertz CT molecular complexity index is 804. The van der Waals surface area contributed by atoms with Crippen LogP contribution in [0.5, 0.6) is 0 Å². The van der Waals surface area contributed by atoms with Crippen LogP contribution in [0.15, 0.2) is 51.4 Å². The first-order chi connectivity index (χ1) is 10.6. The molecule has 112 valence electrons. The molecule has 0 unspecified atom stereocenters. The van der Waals surface area contributed by atoms with Crippen molar-refractivity contribution in [2.45, 2.75) is 13.5 Å². The maximum absolute atomic E-state index is 6.13. The van der Waals surface area contributed by atoms with E-state index in [1.807, 2.05) is 43.3 Å². The normalized spacial score (nSPS) is 10.7. The van der Waals surface area contributed by atoms with E-state index in [0.717, 1.165) is 21.3 Å². The Labute approximate surface area is 141 Å². The van der Waals surface area contributed by atoms with Crippen molar-refractivity contribution in [1.82, 2.24) is 10.2 Å². The Kier molecular flexibility index (Phi) is 4.45. The van der Waals surface area contributed by atoms with Crippen molar-refractivity contribution in [2.24, 2.45) is 0 Å². The fraction of sp³-hybridized carbons (Fsp3) is 0.125. The summed E-state index contributed by atoms with van der Waals surface area (Å²) in [6, 6.07) is 13.4. The first-order valence-corrected chi connectivity index (χ1v) is 7.88. The molecule has 0 aliphatic rings. The molecule has 0 aliphatic carbocycles. The molecule has 2 aromatic carbocycles. The molecule has 0 fully saturated rings. The Balaban J connectivity index is 1.74. The summed E-state index contributed by atoms with van der Waals surface area (Å²) in [7, 11) is 0. The standard InChI is InChI=1S/C16H13BrClN3O/c1-10-8-11(17)6-7-14(10)19-9-15-20-21-16(22-15)12-4-2-3-5-13(12)18/h2-8,19H,9H2,1H3. The van der Waals surface area contributed by atoms with Crippen LogP contribution < -0.4 is 5.32 Å². The van der Waals surface area contributed by atoms with Crippen molar-refractivity contribution in [3.8, 4) is 11.5 Å². The van der Waals surface area contributed by atoms with Gasteiger partial charge < -0.3 is 9.73 Å². The highest BCUT2D eigenvalue weighted by Gasteiger charge is 2.11. The summed E-state index contributed by atoms with van der Waals surface area (Å²) in [4.78, 5) is 0. The Morgan fingerprint density at radius 3 is 2.77 bits per heavy atom. The number of nitrogens with zero attached hydrogens (tertiary/aromatic N) is 2. The molecule has 1 N–H and O–H groups in total. The molecule has 0 spiro atoms. The molecule has 0 saturated heterocycles. The van der Waals surface area contributed by atoms with Gasteiger partial charge in [0.2, 0.25) is 11.8 Å². The van der Waals surface area contributed by atoms with Crippen molar-refractivity contribution in [3.63, 3.8) is 0 Å². The zero-order valence-corrected chi connectivity index (χ0v) is 14.1. The lowest BCUT2D eigenvalue weighted by Crippen LogP contribution is -2.01. The van der Waals surface area contributed by atoms with Gasteiger partial charge >= 0.3 is 0 Å². The molecule has 0 saturated carbocycles. The lowest BCUT2D eigenvalue weighted by atomic mass is 10.2. The largest absolute Gasteiger partial charge is 0.419 e. The monoisotopic (exact) mass is 377 g/mol. The second-order valence-corrected chi connectivity index (χ2v) is 6.12. The SMILES string of the molecule is Cc1cc(Br)ccc1NCc1nnc(-c2ccccc2Cl)o1. The Morgan fingerprint density at radius 2 is 2.00 bits per heavy atom. The average molecular weight is 379 g/mol. The van der Waals surface area contributed by atoms with Crippen molar-refractivity contribution in [3.05, 3.63) is 63.4 Å². The number of hydrogen-bond donors (Lipinski definition) is 1. The minimum absolute atomic E-state index is 0.426. The molecule has 0 aliphatic heterocycles. The lowest BCUT2D eigenvalue weighted by molar-refractivity contribution is 0.515. The highest BCUT2D eigenvalue weighted by Crippen LogP contribution is 2.26. The molecule has 0 atom stereocenters. The lowest BCUT2D eigenvalue weighted by Gasteiger charge is -2.07. The van der Waals surface area contributed by atoms with E-state index in [4.69, 9.17) is 16.0 Å². The molecule has 1 heterocycles. The average Bonchev–Trinajstić information content (AvgIpc) is 2.95. The predicted octanol–water partition coefficient (Wildman–Crippen LogP) is 5.07. The number of hydrogen-bond acceptors (Lipinski definition) is 4. The molecule has 0 amide bonds. The summed E-state index contributed by atoms with van der Waals surface area (Å²) < 4.78 is 6.71. The number of nitrogens with one attached hydrogen (secondary N) is 1. The molecular weight excluding hydrogens is 366 g/mol. The molecule has 22 heavy (non-hydrogen) atoms. The Hall–Kier alpha value is -1.85. The third-order valence-electron chi connectivity index (χ3n) is 3.19. The maximum atomic E-state index is 6.13. The van der Waals surface area contributed by atoms with Crippen LogP contribution in [0.3, 0.4) is 0 Å². The third-order valence-corrected chi connectivity index (χ3v) is 4.01. The van der Waals surface area contributed by atoms with E-state index < -0.39 is 0 Å². The number of benzene rings is 2. The molecule has 3 aromatic rings. The predicted molar refractivity (Wildman–Crippen MR) is 90.9 cm³/mol. The van der Waals surface area contributed by atoms with E-state index in [2.05, 4.69) is 31.4 Å². The molecular formula is C16H13BrClN3O. The molecule has 0 radical (unpaired) electrons. The van der Waals surface area contributed by atoms with Crippen molar-refractivity contribution in [2.75, 3.05) is 5.32 Å². The van der Waals surface area contributed by atoms with Crippen LogP contribution in [-0.2, 0) is 6.54 Å². The van der Waals surface area contributed by atoms with Crippen molar-refractivity contribution in [1.29, 1.82) is 0 Å². The zero-order chi connectivity index (χ0) is 15.5. The summed E-state index contributed by atoms with van der Waals surface area (Å²) in [5.41, 5.74) is 2.91. The number of anilines is 1. The van der Waals surface area contributed by atoms with Crippen LogP contribution in [0.4, 0.5) is 5.69 Å². The number of halogens is 2. The van der Waals surface area contributed by atoms with Gasteiger partial charge in [0, 0.05) is 10.2 Å². The molecule has 4 nitrogen and oxygen atoms in total. The van der Waals surface area contributed by atoms with Crippen LogP contribution in [-0.4, -0.2) is 10.2 Å². The summed E-state index contributed by atoms with van der Waals surface area (Å²) in [5.74, 6) is 0.937. The van der Waals surface area contributed by atoms with Crippen LogP contribution in [0.25, 0.3) is 11.5 Å². The fourth-order valence-electron chi connectivity index (χ4n) is 2.06. The first kappa shape index (κ1) is 15.1. The van der Waals surface area contributed by atoms with Gasteiger partial charge in [-0.05, 0) is 42.8 Å². The molecule has 3 rings (SSSR count). The van der Waals surface area contributed by atoms with Crippen molar-refractivity contribution < 1.29 is 4.42 Å². The van der Waals surface area contributed by atoms with E-state index in [1.165, 1.54) is 0 Å². The summed E-state index contributed by atoms with van der Waals surface area (Å²) >= 11 is 9.58. The van der Waals surface area contributed by atoms with Gasteiger partial charge in [0.15, 0.2) is 0 Å². The minimum atomic E-state index is 0.426. The van der Waals surface area contributed by atoms with Crippen LogP contribution in [0.2, 0.25) is 5.02 Å². The third kappa shape index (κ3) is 3.31. The fourth-order valence-corrected chi connectivity index (χ4v) is 2.76. The summed E-state index contributed by atoms with van der Waals surface area (Å²) in [6.07, 6.45) is 0. The van der Waals surface area contributed by atoms with E-state index in [9.17, 15) is 0 Å². The molecule has 0 bridgehead atoms. The van der Waals surface area contributed by atoms with Gasteiger partial charge in [-0.25, -0.2) is 0 Å². The van der Waals surface area contributed by atoms with E-state index in [0.29, 0.717) is 23.3 Å². The van der Waals surface area contributed by atoms with Gasteiger partial charge in [-0.1, -0.05) is 39.7 Å². The van der Waals surface area contributed by atoms with Gasteiger partial charge in [0.1, 0.15) is 0 Å². The van der Waals surface area contributed by atoms with Gasteiger partial charge in [-0.3, -0.25) is 0 Å². The number of rotatable bonds is 4. The highest BCUT2D eigenvalue weighted by molar-refractivity contribution is 9.10. The summed E-state index contributed by atoms with van der Waals surface area (Å²) in [5, 5.41) is 12.0. The van der Waals surface area contributed by atoms with Gasteiger partial charge in [-0.15, -0.1) is 10.2 Å². The van der Waals surface area contributed by atoms with Crippen LogP contribution in [0, 0.1) is 6.92 Å². The zero-order valence-electron chi connectivity index (χ0n) is 11.8. The Morgan fingerprint density at radius 1 is 1.18 bits per heavy atom. The minimum Gasteiger partial charge on any atom is -0.419 e. The summed E-state index contributed by atoms with van der Waals surface area (Å²) in [6.45, 7) is 2.50. The number of aromatic nitrogens is 2. The van der Waals surface area contributed by atoms with Gasteiger partial charge in [0.25, 0.3) is 0 Å². The van der Waals surface area contributed by atoms with E-state index >= 15 is 0 Å². The van der Waals surface area contributed by atoms with E-state index in [1.54, 1.807) is 6.07 Å².